The van der Waals surface area contributed by atoms with Gasteiger partial charge in [0.15, 0.2) is 6.29 Å². The van der Waals surface area contributed by atoms with Crippen LogP contribution in [0.25, 0.3) is 0 Å². The number of nitrogens with one attached hydrogen (secondary N) is 1. The van der Waals surface area contributed by atoms with Crippen molar-refractivity contribution in [3.8, 4) is 0 Å². The lowest BCUT2D eigenvalue weighted by Crippen LogP contribution is -2.47. The Balaban J connectivity index is 2.63. The predicted molar refractivity (Wildman–Crippen MR) is 52.2 cm³/mol. The molecule has 0 spiro atoms. The summed E-state index contributed by atoms with van der Waals surface area (Å²) in [6, 6.07) is -0.245. The van der Waals surface area contributed by atoms with E-state index in [-0.39, 0.29) is 6.04 Å². The number of nitrogens with two attached hydrogens (primary N) is 1. The second-order valence-corrected chi connectivity index (χ2v) is 3.08. The summed E-state index contributed by atoms with van der Waals surface area (Å²) in [6.07, 6.45) is 3.64. The van der Waals surface area contributed by atoms with Gasteiger partial charge in [-0.15, -0.1) is 0 Å². The molecule has 0 amide bonds. The van der Waals surface area contributed by atoms with Gasteiger partial charge in [-0.1, -0.05) is 0 Å². The van der Waals surface area contributed by atoms with Crippen molar-refractivity contribution in [2.24, 2.45) is 5.84 Å². The summed E-state index contributed by atoms with van der Waals surface area (Å²) in [7, 11) is 3.14. The lowest BCUT2D eigenvalue weighted by molar-refractivity contribution is -0.124. The molecule has 1 aliphatic rings. The van der Waals surface area contributed by atoms with Crippen LogP contribution in [-0.4, -0.2) is 33.2 Å². The summed E-state index contributed by atoms with van der Waals surface area (Å²) in [5, 5.41) is 0. The Kier molecular flexibility index (Phi) is 4.89. The van der Waals surface area contributed by atoms with Crippen molar-refractivity contribution in [2.45, 2.75) is 25.2 Å². The molecule has 1 aliphatic heterocycles. The van der Waals surface area contributed by atoms with E-state index in [1.165, 1.54) is 0 Å². The first-order valence-electron chi connectivity index (χ1n) is 4.68. The Morgan fingerprint density at radius 2 is 2.21 bits per heavy atom. The van der Waals surface area contributed by atoms with Crippen LogP contribution < -0.4 is 11.3 Å². The zero-order valence-corrected chi connectivity index (χ0v) is 8.66. The summed E-state index contributed by atoms with van der Waals surface area (Å²) in [5.74, 6) is 6.22. The zero-order valence-electron chi connectivity index (χ0n) is 8.66. The van der Waals surface area contributed by atoms with Gasteiger partial charge in [-0.2, -0.15) is 0 Å². The molecule has 14 heavy (non-hydrogen) atoms. The molecule has 1 heterocycles. The van der Waals surface area contributed by atoms with Gasteiger partial charge >= 0.3 is 0 Å². The molecule has 5 nitrogen and oxygen atoms in total. The lowest BCUT2D eigenvalue weighted by Gasteiger charge is -2.28. The Labute approximate surface area is 84.2 Å². The molecule has 0 bridgehead atoms. The average Bonchev–Trinajstić information content (AvgIpc) is 2.27. The molecular weight excluding hydrogens is 184 g/mol. The van der Waals surface area contributed by atoms with Gasteiger partial charge < -0.3 is 14.2 Å². The summed E-state index contributed by atoms with van der Waals surface area (Å²) in [6.45, 7) is 0.726. The monoisotopic (exact) mass is 202 g/mol. The quantitative estimate of drug-likeness (QED) is 0.377. The molecule has 0 aliphatic carbocycles. The Morgan fingerprint density at radius 1 is 1.50 bits per heavy atom. The van der Waals surface area contributed by atoms with E-state index in [1.807, 2.05) is 6.08 Å². The van der Waals surface area contributed by atoms with Gasteiger partial charge in [0.25, 0.3) is 0 Å². The SMILES string of the molecule is COC(OC)C(NN)C1=CCCCO1. The van der Waals surface area contributed by atoms with E-state index >= 15 is 0 Å². The van der Waals surface area contributed by atoms with Crippen molar-refractivity contribution in [3.05, 3.63) is 11.8 Å². The van der Waals surface area contributed by atoms with Crippen molar-refractivity contribution in [2.75, 3.05) is 20.8 Å². The maximum absolute atomic E-state index is 5.47. The first-order chi connectivity index (χ1) is 6.83. The second kappa shape index (κ2) is 5.98. The van der Waals surface area contributed by atoms with Crippen molar-refractivity contribution in [1.29, 1.82) is 0 Å². The first kappa shape index (κ1) is 11.5. The molecular formula is C9H18N2O3. The number of rotatable bonds is 5. The highest BCUT2D eigenvalue weighted by atomic mass is 16.7. The number of ether oxygens (including phenoxy) is 3. The largest absolute Gasteiger partial charge is 0.496 e. The van der Waals surface area contributed by atoms with E-state index in [0.29, 0.717) is 0 Å². The number of hydrogen-bond acceptors (Lipinski definition) is 5. The topological polar surface area (TPSA) is 65.7 Å². The Morgan fingerprint density at radius 3 is 2.64 bits per heavy atom. The molecule has 82 valence electrons. The van der Waals surface area contributed by atoms with Crippen molar-refractivity contribution in [3.63, 3.8) is 0 Å². The first-order valence-corrected chi connectivity index (χ1v) is 4.68. The van der Waals surface area contributed by atoms with Crippen LogP contribution in [-0.2, 0) is 14.2 Å². The van der Waals surface area contributed by atoms with Crippen LogP contribution in [0.4, 0.5) is 0 Å². The molecule has 0 aromatic rings. The minimum atomic E-state index is -0.427. The van der Waals surface area contributed by atoms with Gasteiger partial charge in [0.1, 0.15) is 11.8 Å². The third-order valence-electron chi connectivity index (χ3n) is 2.19. The van der Waals surface area contributed by atoms with Crippen LogP contribution in [0.3, 0.4) is 0 Å². The molecule has 5 heteroatoms. The van der Waals surface area contributed by atoms with E-state index in [2.05, 4.69) is 5.43 Å². The molecule has 3 N–H and O–H groups in total. The number of allylic oxidation sites excluding steroid dienone is 1. The molecule has 0 saturated heterocycles. The van der Waals surface area contributed by atoms with Crippen molar-refractivity contribution < 1.29 is 14.2 Å². The zero-order chi connectivity index (χ0) is 10.4. The highest BCUT2D eigenvalue weighted by molar-refractivity contribution is 5.06. The third kappa shape index (κ3) is 2.68. The van der Waals surface area contributed by atoms with Gasteiger partial charge in [-0.25, -0.2) is 5.43 Å². The van der Waals surface area contributed by atoms with Crippen LogP contribution in [0.15, 0.2) is 11.8 Å². The van der Waals surface area contributed by atoms with E-state index < -0.39 is 6.29 Å². The van der Waals surface area contributed by atoms with Gasteiger partial charge in [0.2, 0.25) is 0 Å². The maximum Gasteiger partial charge on any atom is 0.180 e. The Bertz CT molecular complexity index is 192. The van der Waals surface area contributed by atoms with Crippen molar-refractivity contribution in [1.82, 2.24) is 5.43 Å². The molecule has 0 aromatic carbocycles. The molecule has 1 rings (SSSR count). The van der Waals surface area contributed by atoms with Gasteiger partial charge in [-0.3, -0.25) is 5.84 Å². The van der Waals surface area contributed by atoms with E-state index in [0.717, 1.165) is 25.2 Å². The second-order valence-electron chi connectivity index (χ2n) is 3.08. The molecule has 1 unspecified atom stereocenters. The highest BCUT2D eigenvalue weighted by Gasteiger charge is 2.26. The fourth-order valence-electron chi connectivity index (χ4n) is 1.46. The number of hydrogen-bond donors (Lipinski definition) is 2. The predicted octanol–water partition coefficient (Wildman–Crippen LogP) is 0.131. The summed E-state index contributed by atoms with van der Waals surface area (Å²) in [4.78, 5) is 0. The molecule has 0 saturated carbocycles. The highest BCUT2D eigenvalue weighted by Crippen LogP contribution is 2.17. The van der Waals surface area contributed by atoms with Crippen LogP contribution >= 0.6 is 0 Å². The van der Waals surface area contributed by atoms with Gasteiger partial charge in [-0.05, 0) is 18.9 Å². The van der Waals surface area contributed by atoms with Crippen LogP contribution in [0, 0.1) is 0 Å². The van der Waals surface area contributed by atoms with Crippen LogP contribution in [0.5, 0.6) is 0 Å². The van der Waals surface area contributed by atoms with E-state index in [4.69, 9.17) is 20.1 Å². The smallest absolute Gasteiger partial charge is 0.180 e. The van der Waals surface area contributed by atoms with Crippen molar-refractivity contribution >= 4 is 0 Å². The third-order valence-corrected chi connectivity index (χ3v) is 2.19. The minimum Gasteiger partial charge on any atom is -0.496 e. The van der Waals surface area contributed by atoms with Crippen LogP contribution in [0.1, 0.15) is 12.8 Å². The Hall–Kier alpha value is -0.620. The maximum atomic E-state index is 5.47. The average molecular weight is 202 g/mol. The summed E-state index contributed by atoms with van der Waals surface area (Å²) in [5.41, 5.74) is 2.63. The van der Waals surface area contributed by atoms with Gasteiger partial charge in [0.05, 0.1) is 6.61 Å². The number of hydrazine groups is 1. The fraction of sp³-hybridized carbons (Fsp3) is 0.778. The molecule has 1 atom stereocenters. The fourth-order valence-corrected chi connectivity index (χ4v) is 1.46. The van der Waals surface area contributed by atoms with Crippen LogP contribution in [0.2, 0.25) is 0 Å². The molecule has 0 aromatic heterocycles. The summed E-state index contributed by atoms with van der Waals surface area (Å²) >= 11 is 0. The van der Waals surface area contributed by atoms with E-state index in [1.54, 1.807) is 14.2 Å². The summed E-state index contributed by atoms with van der Waals surface area (Å²) < 4.78 is 15.7. The lowest BCUT2D eigenvalue weighted by atomic mass is 10.1. The molecule has 0 fully saturated rings. The standard InChI is InChI=1S/C9H18N2O3/c1-12-9(13-2)8(11-10)7-5-3-4-6-14-7/h5,8-9,11H,3-4,6,10H2,1-2H3. The van der Waals surface area contributed by atoms with E-state index in [9.17, 15) is 0 Å². The number of methoxy groups -OCH3 is 2. The van der Waals surface area contributed by atoms with Gasteiger partial charge in [0, 0.05) is 14.2 Å². The molecule has 0 radical (unpaired) electrons. The normalized spacial score (nSPS) is 19.0. The minimum absolute atomic E-state index is 0.245.